The van der Waals surface area contributed by atoms with Gasteiger partial charge in [0.1, 0.15) is 22.6 Å². The van der Waals surface area contributed by atoms with Crippen molar-refractivity contribution in [3.63, 3.8) is 0 Å². The van der Waals surface area contributed by atoms with Gasteiger partial charge in [0.05, 0.1) is 13.2 Å². The van der Waals surface area contributed by atoms with Crippen LogP contribution in [0.5, 0.6) is 23.0 Å². The molecular weight excluding hydrogens is 738 g/mol. The molecule has 0 bridgehead atoms. The topological polar surface area (TPSA) is 36.9 Å². The molecule has 0 unspecified atom stereocenters. The smallest absolute Gasteiger partial charge is 0.429 e. The number of alkyl halides is 4. The first-order valence-electron chi connectivity index (χ1n) is 15.0. The molecule has 0 heterocycles. The van der Waals surface area contributed by atoms with Crippen LogP contribution in [-0.4, -0.2) is 13.2 Å². The lowest BCUT2D eigenvalue weighted by atomic mass is 10.0. The van der Waals surface area contributed by atoms with Crippen LogP contribution in [0.15, 0.2) is 48.5 Å². The van der Waals surface area contributed by atoms with E-state index in [0.29, 0.717) is 37.1 Å². The van der Waals surface area contributed by atoms with Crippen LogP contribution in [0.25, 0.3) is 0 Å². The number of rotatable bonds is 16. The number of halogens is 14. The van der Waals surface area contributed by atoms with Crippen LogP contribution < -0.4 is 18.9 Å². The van der Waals surface area contributed by atoms with E-state index in [2.05, 4.69) is 9.47 Å². The molecule has 0 amide bonds. The predicted octanol–water partition coefficient (Wildman–Crippen LogP) is 11.0. The lowest BCUT2D eigenvalue weighted by Gasteiger charge is -2.20. The van der Waals surface area contributed by atoms with Crippen molar-refractivity contribution in [1.29, 1.82) is 0 Å². The van der Waals surface area contributed by atoms with Gasteiger partial charge < -0.3 is 18.9 Å². The molecule has 0 spiro atoms. The van der Waals surface area contributed by atoms with Crippen LogP contribution in [0.3, 0.4) is 0 Å². The minimum atomic E-state index is -4.63. The molecular formula is C34H24F14O4. The summed E-state index contributed by atoms with van der Waals surface area (Å²) in [5.74, 6) is -23.1. The molecule has 282 valence electrons. The highest BCUT2D eigenvalue weighted by molar-refractivity contribution is 5.35. The number of hydrogen-bond donors (Lipinski definition) is 0. The Labute approximate surface area is 285 Å². The van der Waals surface area contributed by atoms with Crippen molar-refractivity contribution in [2.24, 2.45) is 5.92 Å². The molecule has 18 heteroatoms. The van der Waals surface area contributed by atoms with Gasteiger partial charge in [0.25, 0.3) is 0 Å². The fourth-order valence-corrected chi connectivity index (χ4v) is 4.70. The number of ether oxygens (including phenoxy) is 4. The Morgan fingerprint density at radius 3 is 1.13 bits per heavy atom. The third-order valence-corrected chi connectivity index (χ3v) is 7.33. The van der Waals surface area contributed by atoms with Crippen molar-refractivity contribution in [2.75, 3.05) is 13.2 Å². The summed E-state index contributed by atoms with van der Waals surface area (Å²) in [5, 5.41) is 0. The first-order valence-corrected chi connectivity index (χ1v) is 15.0. The zero-order chi connectivity index (χ0) is 38.5. The molecule has 0 radical (unpaired) electrons. The standard InChI is InChI=1S/C34H24F14O4/c1-16(4-2-10-49-25-8-6-19(27(39)31(25)43)33(45,46)51-17-12-21(35)29(41)22(36)13-17)5-3-11-50-26-9-7-20(28(40)32(26)44)34(47,48)52-18-14-23(37)30(42)24(38)15-18/h6-9,12-16H,2-5,10-11H2,1H3. The normalized spacial score (nSPS) is 12.0. The van der Waals surface area contributed by atoms with E-state index < -0.39 is 105 Å². The van der Waals surface area contributed by atoms with Crippen molar-refractivity contribution < 1.29 is 80.4 Å². The highest BCUT2D eigenvalue weighted by Gasteiger charge is 2.41. The quantitative estimate of drug-likeness (QED) is 0.0647. The second-order valence-electron chi connectivity index (χ2n) is 11.2. The summed E-state index contributed by atoms with van der Waals surface area (Å²) >= 11 is 0. The molecule has 0 saturated heterocycles. The monoisotopic (exact) mass is 762 g/mol. The summed E-state index contributed by atoms with van der Waals surface area (Å²) in [6, 6.07) is 2.56. The van der Waals surface area contributed by atoms with Crippen molar-refractivity contribution in [3.05, 3.63) is 118 Å². The van der Waals surface area contributed by atoms with Crippen LogP contribution in [0, 0.1) is 64.1 Å². The Bertz CT molecular complexity index is 1720. The van der Waals surface area contributed by atoms with Gasteiger partial charge in [-0.2, -0.15) is 26.3 Å². The number of hydrogen-bond acceptors (Lipinski definition) is 4. The maximum Gasteiger partial charge on any atom is 0.429 e. The van der Waals surface area contributed by atoms with E-state index in [4.69, 9.17) is 9.47 Å². The molecule has 0 atom stereocenters. The van der Waals surface area contributed by atoms with E-state index in [9.17, 15) is 61.5 Å². The van der Waals surface area contributed by atoms with Gasteiger partial charge in [-0.05, 0) is 55.9 Å². The third kappa shape index (κ3) is 9.30. The predicted molar refractivity (Wildman–Crippen MR) is 153 cm³/mol. The molecule has 0 fully saturated rings. The summed E-state index contributed by atoms with van der Waals surface area (Å²) < 4.78 is 214. The maximum atomic E-state index is 14.5. The number of benzene rings is 4. The molecule has 52 heavy (non-hydrogen) atoms. The van der Waals surface area contributed by atoms with Crippen LogP contribution in [0.4, 0.5) is 61.5 Å². The molecule has 0 aliphatic heterocycles. The summed E-state index contributed by atoms with van der Waals surface area (Å²) in [6.07, 6.45) is -7.92. The fourth-order valence-electron chi connectivity index (χ4n) is 4.70. The van der Waals surface area contributed by atoms with E-state index in [1.165, 1.54) is 0 Å². The Kier molecular flexibility index (Phi) is 12.4. The van der Waals surface area contributed by atoms with Gasteiger partial charge in [0.15, 0.2) is 58.0 Å². The molecule has 4 nitrogen and oxygen atoms in total. The minimum absolute atomic E-state index is 0.0749. The van der Waals surface area contributed by atoms with Crippen molar-refractivity contribution >= 4 is 0 Å². The molecule has 4 aromatic rings. The van der Waals surface area contributed by atoms with Gasteiger partial charge in [-0.25, -0.2) is 35.1 Å². The molecule has 0 aliphatic carbocycles. The van der Waals surface area contributed by atoms with Crippen molar-refractivity contribution in [3.8, 4) is 23.0 Å². The van der Waals surface area contributed by atoms with E-state index in [1.54, 1.807) is 6.92 Å². The van der Waals surface area contributed by atoms with Crippen molar-refractivity contribution in [2.45, 2.75) is 44.8 Å². The van der Waals surface area contributed by atoms with Crippen LogP contribution in [-0.2, 0) is 12.2 Å². The van der Waals surface area contributed by atoms with Crippen molar-refractivity contribution in [1.82, 2.24) is 0 Å². The van der Waals surface area contributed by atoms with Gasteiger partial charge in [0.2, 0.25) is 11.6 Å². The average molecular weight is 763 g/mol. The lowest BCUT2D eigenvalue weighted by molar-refractivity contribution is -0.188. The summed E-state index contributed by atoms with van der Waals surface area (Å²) in [7, 11) is 0. The van der Waals surface area contributed by atoms with Gasteiger partial charge in [0, 0.05) is 24.3 Å². The van der Waals surface area contributed by atoms with E-state index >= 15 is 0 Å². The molecule has 4 rings (SSSR count). The fraction of sp³-hybridized carbons (Fsp3) is 0.294. The van der Waals surface area contributed by atoms with E-state index in [1.807, 2.05) is 0 Å². The maximum absolute atomic E-state index is 14.5. The summed E-state index contributed by atoms with van der Waals surface area (Å²) in [5.41, 5.74) is -3.28. The zero-order valence-corrected chi connectivity index (χ0v) is 26.4. The van der Waals surface area contributed by atoms with E-state index in [-0.39, 0.29) is 56.2 Å². The average Bonchev–Trinajstić information content (AvgIpc) is 3.05. The summed E-state index contributed by atoms with van der Waals surface area (Å²) in [4.78, 5) is 0. The van der Waals surface area contributed by atoms with Crippen LogP contribution in [0.2, 0.25) is 0 Å². The molecule has 4 aromatic carbocycles. The van der Waals surface area contributed by atoms with Gasteiger partial charge in [-0.3, -0.25) is 0 Å². The largest absolute Gasteiger partial charge is 0.490 e. The highest BCUT2D eigenvalue weighted by Crippen LogP contribution is 2.38. The first kappa shape index (κ1) is 39.9. The van der Waals surface area contributed by atoms with Crippen LogP contribution >= 0.6 is 0 Å². The molecule has 0 aromatic heterocycles. The first-order chi connectivity index (χ1) is 24.3. The minimum Gasteiger partial charge on any atom is -0.490 e. The van der Waals surface area contributed by atoms with Gasteiger partial charge >= 0.3 is 12.2 Å². The SMILES string of the molecule is CC(CCCOc1ccc(C(F)(F)Oc2cc(F)c(F)c(F)c2)c(F)c1F)CCCOc1ccc(C(F)(F)Oc2cc(F)c(F)c(F)c2)c(F)c1F. The molecule has 0 aliphatic rings. The summed E-state index contributed by atoms with van der Waals surface area (Å²) in [6.45, 7) is 1.37. The Hall–Kier alpha value is -4.90. The van der Waals surface area contributed by atoms with E-state index in [0.717, 1.165) is 0 Å². The Morgan fingerprint density at radius 2 is 0.808 bits per heavy atom. The van der Waals surface area contributed by atoms with Gasteiger partial charge in [-0.1, -0.05) is 6.92 Å². The zero-order valence-electron chi connectivity index (χ0n) is 26.4. The lowest BCUT2D eigenvalue weighted by Crippen LogP contribution is -2.24. The molecule has 0 saturated carbocycles. The Morgan fingerprint density at radius 1 is 0.481 bits per heavy atom. The molecule has 0 N–H and O–H groups in total. The third-order valence-electron chi connectivity index (χ3n) is 7.33. The van der Waals surface area contributed by atoms with Gasteiger partial charge in [-0.15, -0.1) is 0 Å². The highest BCUT2D eigenvalue weighted by atomic mass is 19.3. The Balaban J connectivity index is 1.22. The second kappa shape index (κ2) is 16.2. The van der Waals surface area contributed by atoms with Crippen LogP contribution in [0.1, 0.15) is 43.7 Å². The second-order valence-corrected chi connectivity index (χ2v) is 11.2.